The Bertz CT molecular complexity index is 1320. The van der Waals surface area contributed by atoms with Crippen molar-refractivity contribution in [1.82, 2.24) is 9.80 Å². The second kappa shape index (κ2) is 12.3. The highest BCUT2D eigenvalue weighted by molar-refractivity contribution is 6.46. The Morgan fingerprint density at radius 1 is 1.00 bits per heavy atom. The van der Waals surface area contributed by atoms with Crippen LogP contribution in [-0.2, 0) is 16.2 Å². The number of carbonyl (C=O) groups excluding carboxylic acids is 2. The predicted molar refractivity (Wildman–Crippen MR) is 150 cm³/mol. The van der Waals surface area contributed by atoms with Gasteiger partial charge in [-0.3, -0.25) is 9.59 Å². The number of Topliss-reactive ketones (excluding diaryl/α,β-unsaturated/α-hetero) is 1. The highest BCUT2D eigenvalue weighted by atomic mass is 35.5. The first-order valence-corrected chi connectivity index (χ1v) is 13.3. The number of benzene rings is 3. The molecule has 0 radical (unpaired) electrons. The van der Waals surface area contributed by atoms with Crippen LogP contribution in [0, 0.1) is 6.92 Å². The van der Waals surface area contributed by atoms with Crippen molar-refractivity contribution in [1.29, 1.82) is 0 Å². The Labute approximate surface area is 229 Å². The number of aryl methyl sites for hydroxylation is 1. The van der Waals surface area contributed by atoms with Crippen molar-refractivity contribution >= 4 is 29.1 Å². The minimum Gasteiger partial charge on any atom is -0.507 e. The number of nitrogens with zero attached hydrogens (tertiary/aromatic N) is 2. The van der Waals surface area contributed by atoms with E-state index in [0.29, 0.717) is 36.0 Å². The highest BCUT2D eigenvalue weighted by Crippen LogP contribution is 2.40. The summed E-state index contributed by atoms with van der Waals surface area (Å²) in [5, 5.41) is 12.0. The fourth-order valence-electron chi connectivity index (χ4n) is 4.77. The zero-order valence-corrected chi connectivity index (χ0v) is 22.7. The van der Waals surface area contributed by atoms with E-state index in [2.05, 4.69) is 18.7 Å². The van der Waals surface area contributed by atoms with Crippen LogP contribution in [0.4, 0.5) is 0 Å². The zero-order valence-electron chi connectivity index (χ0n) is 22.0. The highest BCUT2D eigenvalue weighted by Gasteiger charge is 2.46. The molecule has 1 aliphatic heterocycles. The Hall–Kier alpha value is -3.61. The van der Waals surface area contributed by atoms with E-state index in [-0.39, 0.29) is 11.3 Å². The zero-order chi connectivity index (χ0) is 27.2. The summed E-state index contributed by atoms with van der Waals surface area (Å²) < 4.78 is 5.92. The summed E-state index contributed by atoms with van der Waals surface area (Å²) in [6.07, 6.45) is 0. The molecule has 0 aliphatic carbocycles. The quantitative estimate of drug-likeness (QED) is 0.197. The SMILES string of the molecule is CCN(CC)CCN1C(=O)C(=O)C(=C(O)c2ccc(OCc3ccccc3)cc2C)[C@@H]1c1ccc(Cl)cc1. The van der Waals surface area contributed by atoms with E-state index in [1.807, 2.05) is 43.3 Å². The summed E-state index contributed by atoms with van der Waals surface area (Å²) in [6, 6.07) is 21.5. The number of carbonyl (C=O) groups is 2. The maximum absolute atomic E-state index is 13.3. The van der Waals surface area contributed by atoms with Crippen LogP contribution in [0.3, 0.4) is 0 Å². The van der Waals surface area contributed by atoms with Crippen LogP contribution >= 0.6 is 11.6 Å². The van der Waals surface area contributed by atoms with E-state index in [0.717, 1.165) is 29.8 Å². The molecule has 0 spiro atoms. The van der Waals surface area contributed by atoms with E-state index in [1.54, 1.807) is 41.3 Å². The fraction of sp³-hybridized carbons (Fsp3) is 0.290. The van der Waals surface area contributed by atoms with Gasteiger partial charge in [0.05, 0.1) is 11.6 Å². The minimum atomic E-state index is -0.712. The Morgan fingerprint density at radius 3 is 2.32 bits per heavy atom. The van der Waals surface area contributed by atoms with E-state index < -0.39 is 17.7 Å². The lowest BCUT2D eigenvalue weighted by atomic mass is 9.94. The van der Waals surface area contributed by atoms with Crippen molar-refractivity contribution in [2.24, 2.45) is 0 Å². The molecule has 4 rings (SSSR count). The lowest BCUT2D eigenvalue weighted by molar-refractivity contribution is -0.140. The van der Waals surface area contributed by atoms with Gasteiger partial charge in [0, 0.05) is 23.7 Å². The van der Waals surface area contributed by atoms with Gasteiger partial charge in [0.25, 0.3) is 11.7 Å². The van der Waals surface area contributed by atoms with Gasteiger partial charge in [0.15, 0.2) is 0 Å². The summed E-state index contributed by atoms with van der Waals surface area (Å²) in [4.78, 5) is 30.3. The number of rotatable bonds is 10. The number of hydrogen-bond acceptors (Lipinski definition) is 5. The molecule has 1 saturated heterocycles. The lowest BCUT2D eigenvalue weighted by Gasteiger charge is -2.28. The van der Waals surface area contributed by atoms with Crippen LogP contribution in [0.2, 0.25) is 5.02 Å². The standard InChI is InChI=1S/C31H33ClN2O4/c1-4-33(5-2)17-18-34-28(23-11-13-24(32)14-12-23)27(30(36)31(34)37)29(35)26-16-15-25(19-21(26)3)38-20-22-9-7-6-8-10-22/h6-16,19,28,35H,4-5,17-18,20H2,1-3H3/t28-/m0/s1. The molecule has 6 nitrogen and oxygen atoms in total. The van der Waals surface area contributed by atoms with Crippen LogP contribution in [0.15, 0.2) is 78.4 Å². The third-order valence-corrected chi connectivity index (χ3v) is 7.23. The summed E-state index contributed by atoms with van der Waals surface area (Å²) in [6.45, 7) is 9.04. The molecule has 3 aromatic rings. The average molecular weight is 533 g/mol. The summed E-state index contributed by atoms with van der Waals surface area (Å²) in [5.74, 6) is -0.845. The molecule has 1 atom stereocenters. The van der Waals surface area contributed by atoms with E-state index >= 15 is 0 Å². The molecular formula is C31H33ClN2O4. The molecule has 198 valence electrons. The van der Waals surface area contributed by atoms with E-state index in [1.165, 1.54) is 0 Å². The molecule has 0 unspecified atom stereocenters. The van der Waals surface area contributed by atoms with E-state index in [4.69, 9.17) is 16.3 Å². The first-order valence-electron chi connectivity index (χ1n) is 12.9. The maximum atomic E-state index is 13.3. The number of amides is 1. The van der Waals surface area contributed by atoms with Gasteiger partial charge < -0.3 is 19.6 Å². The first-order chi connectivity index (χ1) is 18.3. The number of ether oxygens (including phenoxy) is 1. The third kappa shape index (κ3) is 5.93. The number of halogens is 1. The summed E-state index contributed by atoms with van der Waals surface area (Å²) in [7, 11) is 0. The van der Waals surface area contributed by atoms with Gasteiger partial charge in [-0.05, 0) is 67.0 Å². The lowest BCUT2D eigenvalue weighted by Crippen LogP contribution is -2.38. The van der Waals surface area contributed by atoms with Crippen LogP contribution < -0.4 is 4.74 Å². The molecule has 1 aliphatic rings. The monoisotopic (exact) mass is 532 g/mol. The molecular weight excluding hydrogens is 500 g/mol. The van der Waals surface area contributed by atoms with Crippen LogP contribution in [0.1, 0.15) is 42.1 Å². The van der Waals surface area contributed by atoms with Gasteiger partial charge in [-0.25, -0.2) is 0 Å². The van der Waals surface area contributed by atoms with Gasteiger partial charge >= 0.3 is 0 Å². The molecule has 7 heteroatoms. The van der Waals surface area contributed by atoms with Crippen molar-refractivity contribution in [3.63, 3.8) is 0 Å². The summed E-state index contributed by atoms with van der Waals surface area (Å²) >= 11 is 6.12. The van der Waals surface area contributed by atoms with Crippen molar-refractivity contribution in [2.75, 3.05) is 26.2 Å². The molecule has 0 aromatic heterocycles. The molecule has 1 N–H and O–H groups in total. The number of ketones is 1. The number of aliphatic hydroxyl groups is 1. The first kappa shape index (κ1) is 27.4. The van der Waals surface area contributed by atoms with Crippen LogP contribution in [-0.4, -0.2) is 52.8 Å². The molecule has 38 heavy (non-hydrogen) atoms. The van der Waals surface area contributed by atoms with Crippen LogP contribution in [0.25, 0.3) is 5.76 Å². The van der Waals surface area contributed by atoms with Gasteiger partial charge in [-0.1, -0.05) is 67.9 Å². The summed E-state index contributed by atoms with van der Waals surface area (Å²) in [5.41, 5.74) is 3.06. The second-order valence-electron chi connectivity index (χ2n) is 9.32. The number of likely N-dealkylation sites (N-methyl/N-ethyl adjacent to an activating group) is 1. The average Bonchev–Trinajstić information content (AvgIpc) is 3.18. The number of aliphatic hydroxyl groups excluding tert-OH is 1. The molecule has 1 amide bonds. The van der Waals surface area contributed by atoms with Gasteiger partial charge in [-0.2, -0.15) is 0 Å². The van der Waals surface area contributed by atoms with Crippen molar-refractivity contribution in [3.05, 3.63) is 106 Å². The van der Waals surface area contributed by atoms with Gasteiger partial charge in [-0.15, -0.1) is 0 Å². The second-order valence-corrected chi connectivity index (χ2v) is 9.76. The van der Waals surface area contributed by atoms with Crippen molar-refractivity contribution < 1.29 is 19.4 Å². The molecule has 3 aromatic carbocycles. The van der Waals surface area contributed by atoms with Gasteiger partial charge in [0.1, 0.15) is 18.1 Å². The largest absolute Gasteiger partial charge is 0.507 e. The molecule has 1 heterocycles. The van der Waals surface area contributed by atoms with Crippen LogP contribution in [0.5, 0.6) is 5.75 Å². The molecule has 0 saturated carbocycles. The maximum Gasteiger partial charge on any atom is 0.295 e. The predicted octanol–water partition coefficient (Wildman–Crippen LogP) is 5.99. The normalized spacial score (nSPS) is 16.9. The Morgan fingerprint density at radius 2 is 1.68 bits per heavy atom. The topological polar surface area (TPSA) is 70.1 Å². The number of likely N-dealkylation sites (tertiary alicyclic amines) is 1. The Kier molecular flexibility index (Phi) is 8.87. The third-order valence-electron chi connectivity index (χ3n) is 6.98. The molecule has 1 fully saturated rings. The van der Waals surface area contributed by atoms with E-state index in [9.17, 15) is 14.7 Å². The van der Waals surface area contributed by atoms with Crippen molar-refractivity contribution in [3.8, 4) is 5.75 Å². The minimum absolute atomic E-state index is 0.0814. The smallest absolute Gasteiger partial charge is 0.295 e. The fourth-order valence-corrected chi connectivity index (χ4v) is 4.89. The van der Waals surface area contributed by atoms with Gasteiger partial charge in [0.2, 0.25) is 0 Å². The number of hydrogen-bond donors (Lipinski definition) is 1. The molecule has 0 bridgehead atoms. The Balaban J connectivity index is 1.69. The van der Waals surface area contributed by atoms with Crippen molar-refractivity contribution in [2.45, 2.75) is 33.4 Å².